The first-order valence-corrected chi connectivity index (χ1v) is 11.8. The maximum absolute atomic E-state index is 13.2. The zero-order chi connectivity index (χ0) is 25.8. The number of benzene rings is 1. The molecule has 1 aliphatic heterocycles. The summed E-state index contributed by atoms with van der Waals surface area (Å²) >= 11 is 0. The second-order valence-corrected chi connectivity index (χ2v) is 8.75. The van der Waals surface area contributed by atoms with Crippen LogP contribution in [-0.2, 0) is 9.53 Å². The first-order valence-electron chi connectivity index (χ1n) is 11.8. The van der Waals surface area contributed by atoms with Crippen molar-refractivity contribution < 1.29 is 27.8 Å². The van der Waals surface area contributed by atoms with E-state index in [2.05, 4.69) is 14.7 Å². The van der Waals surface area contributed by atoms with Crippen LogP contribution in [0, 0.1) is 19.8 Å². The molecule has 3 heterocycles. The van der Waals surface area contributed by atoms with Gasteiger partial charge in [0.05, 0.1) is 5.92 Å². The highest BCUT2D eigenvalue weighted by Gasteiger charge is 2.31. The molecular formula is C26H28F2N4O4. The summed E-state index contributed by atoms with van der Waals surface area (Å²) in [7, 11) is 0. The van der Waals surface area contributed by atoms with Crippen LogP contribution >= 0.6 is 0 Å². The number of carbonyl (C=O) groups is 2. The molecule has 1 atom stereocenters. The molecule has 8 nitrogen and oxygen atoms in total. The summed E-state index contributed by atoms with van der Waals surface area (Å²) in [6.45, 7) is 3.58. The summed E-state index contributed by atoms with van der Waals surface area (Å²) in [5.74, 6) is -0.278. The van der Waals surface area contributed by atoms with E-state index in [4.69, 9.17) is 4.74 Å². The fourth-order valence-corrected chi connectivity index (χ4v) is 4.50. The zero-order valence-corrected chi connectivity index (χ0v) is 20.4. The minimum atomic E-state index is -2.90. The van der Waals surface area contributed by atoms with Crippen LogP contribution in [0.25, 0.3) is 5.69 Å². The number of anilines is 1. The molecule has 4 rings (SSSR count). The number of ketones is 1. The van der Waals surface area contributed by atoms with Crippen LogP contribution in [0.3, 0.4) is 0 Å². The molecule has 1 saturated heterocycles. The number of halogens is 2. The van der Waals surface area contributed by atoms with E-state index < -0.39 is 12.7 Å². The van der Waals surface area contributed by atoms with Crippen molar-refractivity contribution in [3.05, 3.63) is 65.7 Å². The van der Waals surface area contributed by atoms with E-state index in [-0.39, 0.29) is 23.4 Å². The van der Waals surface area contributed by atoms with Gasteiger partial charge in [0.25, 0.3) is 0 Å². The monoisotopic (exact) mass is 498 g/mol. The highest BCUT2D eigenvalue weighted by Crippen LogP contribution is 2.26. The second kappa shape index (κ2) is 10.8. The van der Waals surface area contributed by atoms with E-state index in [1.54, 1.807) is 50.5 Å². The molecule has 0 N–H and O–H groups in total. The molecule has 0 spiro atoms. The molecule has 0 bridgehead atoms. The van der Waals surface area contributed by atoms with Crippen molar-refractivity contribution in [2.45, 2.75) is 46.3 Å². The molecule has 0 aliphatic carbocycles. The molecule has 1 unspecified atom stereocenters. The van der Waals surface area contributed by atoms with Crippen molar-refractivity contribution in [1.82, 2.24) is 14.5 Å². The lowest BCUT2D eigenvalue weighted by Gasteiger charge is -2.31. The molecule has 1 fully saturated rings. The number of alkyl halides is 2. The van der Waals surface area contributed by atoms with E-state index in [1.807, 2.05) is 16.4 Å². The number of aryl methyl sites for hydroxylation is 1. The SMILES string of the molecule is Cc1cc(C(=O)C(C)OC(=O)C2CCN(c3ncccn3)CC2)c(C)n1-c1ccc(OC(F)F)cc1. The van der Waals surface area contributed by atoms with Gasteiger partial charge in [0.15, 0.2) is 6.10 Å². The summed E-state index contributed by atoms with van der Waals surface area (Å²) in [4.78, 5) is 36.5. The van der Waals surface area contributed by atoms with Gasteiger partial charge in [-0.3, -0.25) is 9.59 Å². The fourth-order valence-electron chi connectivity index (χ4n) is 4.50. The molecule has 1 aromatic carbocycles. The minimum Gasteiger partial charge on any atom is -0.454 e. The molecule has 3 aromatic rings. The molecule has 0 amide bonds. The van der Waals surface area contributed by atoms with Gasteiger partial charge in [-0.25, -0.2) is 9.97 Å². The molecule has 190 valence electrons. The molecule has 0 radical (unpaired) electrons. The number of hydrogen-bond donors (Lipinski definition) is 0. The number of carbonyl (C=O) groups excluding carboxylic acids is 2. The lowest BCUT2D eigenvalue weighted by molar-refractivity contribution is -0.152. The lowest BCUT2D eigenvalue weighted by atomic mass is 9.97. The number of nitrogens with zero attached hydrogens (tertiary/aromatic N) is 4. The van der Waals surface area contributed by atoms with E-state index >= 15 is 0 Å². The largest absolute Gasteiger partial charge is 0.454 e. The normalized spacial score (nSPS) is 15.1. The quantitative estimate of drug-likeness (QED) is 0.333. The van der Waals surface area contributed by atoms with Gasteiger partial charge >= 0.3 is 12.6 Å². The summed E-state index contributed by atoms with van der Waals surface area (Å²) in [6, 6.07) is 9.67. The summed E-state index contributed by atoms with van der Waals surface area (Å²) in [6.07, 6.45) is 3.62. The van der Waals surface area contributed by atoms with Gasteiger partial charge in [-0.2, -0.15) is 8.78 Å². The Kier molecular flexibility index (Phi) is 7.61. The smallest absolute Gasteiger partial charge is 0.387 e. The molecule has 0 saturated carbocycles. The van der Waals surface area contributed by atoms with Crippen molar-refractivity contribution in [3.63, 3.8) is 0 Å². The number of hydrogen-bond acceptors (Lipinski definition) is 7. The van der Waals surface area contributed by atoms with Gasteiger partial charge < -0.3 is 18.9 Å². The van der Waals surface area contributed by atoms with Crippen molar-refractivity contribution >= 4 is 17.7 Å². The van der Waals surface area contributed by atoms with E-state index in [9.17, 15) is 18.4 Å². The average molecular weight is 499 g/mol. The predicted octanol–water partition coefficient (Wildman–Crippen LogP) is 4.52. The van der Waals surface area contributed by atoms with Crippen LogP contribution in [0.15, 0.2) is 48.8 Å². The zero-order valence-electron chi connectivity index (χ0n) is 20.4. The molecule has 1 aliphatic rings. The van der Waals surface area contributed by atoms with Gasteiger partial charge in [-0.1, -0.05) is 0 Å². The Morgan fingerprint density at radius 2 is 1.69 bits per heavy atom. The molecule has 36 heavy (non-hydrogen) atoms. The third-order valence-corrected chi connectivity index (χ3v) is 6.34. The Hall–Kier alpha value is -3.82. The molecular weight excluding hydrogens is 470 g/mol. The highest BCUT2D eigenvalue weighted by molar-refractivity contribution is 6.01. The van der Waals surface area contributed by atoms with E-state index in [0.717, 1.165) is 5.69 Å². The van der Waals surface area contributed by atoms with Crippen LogP contribution in [0.4, 0.5) is 14.7 Å². The minimum absolute atomic E-state index is 0.0511. The first-order chi connectivity index (χ1) is 17.2. The van der Waals surface area contributed by atoms with Gasteiger partial charge in [-0.05, 0) is 70.0 Å². The summed E-state index contributed by atoms with van der Waals surface area (Å²) in [5.41, 5.74) is 2.59. The van der Waals surface area contributed by atoms with Crippen molar-refractivity contribution in [2.75, 3.05) is 18.0 Å². The fraction of sp³-hybridized carbons (Fsp3) is 0.385. The lowest BCUT2D eigenvalue weighted by Crippen LogP contribution is -2.39. The Balaban J connectivity index is 1.39. The number of Topliss-reactive ketones (excluding diaryl/α,β-unsaturated/α-hetero) is 1. The Morgan fingerprint density at radius 1 is 1.06 bits per heavy atom. The van der Waals surface area contributed by atoms with E-state index in [1.165, 1.54) is 12.1 Å². The number of aromatic nitrogens is 3. The Bertz CT molecular complexity index is 1210. The van der Waals surface area contributed by atoms with Crippen LogP contribution in [0.1, 0.15) is 41.5 Å². The van der Waals surface area contributed by atoms with Crippen molar-refractivity contribution in [3.8, 4) is 11.4 Å². The number of esters is 1. The number of piperidine rings is 1. The predicted molar refractivity (Wildman–Crippen MR) is 129 cm³/mol. The second-order valence-electron chi connectivity index (χ2n) is 8.75. The Labute approximate surface area is 207 Å². The van der Waals surface area contributed by atoms with E-state index in [0.29, 0.717) is 48.8 Å². The average Bonchev–Trinajstić information content (AvgIpc) is 3.17. The third-order valence-electron chi connectivity index (χ3n) is 6.34. The topological polar surface area (TPSA) is 86.6 Å². The van der Waals surface area contributed by atoms with Crippen molar-refractivity contribution in [2.24, 2.45) is 5.92 Å². The number of ether oxygens (including phenoxy) is 2. The van der Waals surface area contributed by atoms with Crippen molar-refractivity contribution in [1.29, 1.82) is 0 Å². The highest BCUT2D eigenvalue weighted by atomic mass is 19.3. The molecule has 2 aromatic heterocycles. The van der Waals surface area contributed by atoms with Gasteiger partial charge in [-0.15, -0.1) is 0 Å². The standard InChI is InChI=1S/C26H28F2N4O4/c1-16-15-22(17(2)32(16)20-5-7-21(8-6-20)36-25(27)28)23(33)18(3)35-24(34)19-9-13-31(14-10-19)26-29-11-4-12-30-26/h4-8,11-12,15,18-19,25H,9-10,13-14H2,1-3H3. The van der Waals surface area contributed by atoms with Crippen LogP contribution in [0.2, 0.25) is 0 Å². The number of rotatable bonds is 8. The summed E-state index contributed by atoms with van der Waals surface area (Å²) < 4.78 is 36.7. The van der Waals surface area contributed by atoms with Gasteiger partial charge in [0.2, 0.25) is 11.7 Å². The van der Waals surface area contributed by atoms with Crippen LogP contribution in [0.5, 0.6) is 5.75 Å². The van der Waals surface area contributed by atoms with Gasteiger partial charge in [0.1, 0.15) is 5.75 Å². The maximum atomic E-state index is 13.2. The first kappa shape index (κ1) is 25.3. The van der Waals surface area contributed by atoms with Gasteiger partial charge in [0, 0.05) is 48.1 Å². The maximum Gasteiger partial charge on any atom is 0.387 e. The Morgan fingerprint density at radius 3 is 2.31 bits per heavy atom. The van der Waals surface area contributed by atoms with Crippen LogP contribution in [-0.4, -0.2) is 52.1 Å². The third kappa shape index (κ3) is 5.53. The van der Waals surface area contributed by atoms with Crippen LogP contribution < -0.4 is 9.64 Å². The summed E-state index contributed by atoms with van der Waals surface area (Å²) in [5, 5.41) is 0. The molecule has 10 heteroatoms.